The van der Waals surface area contributed by atoms with E-state index in [9.17, 15) is 0 Å². The molecule has 1 aliphatic carbocycles. The Morgan fingerprint density at radius 2 is 2.18 bits per heavy atom. The third-order valence-corrected chi connectivity index (χ3v) is 6.12. The van der Waals surface area contributed by atoms with E-state index in [4.69, 9.17) is 9.47 Å². The highest BCUT2D eigenvalue weighted by Crippen LogP contribution is 2.39. The largest absolute Gasteiger partial charge is 0.381 e. The van der Waals surface area contributed by atoms with Crippen LogP contribution >= 0.6 is 11.3 Å². The number of aryl methyl sites for hydroxylation is 2. The van der Waals surface area contributed by atoms with Gasteiger partial charge in [0.05, 0.1) is 11.0 Å². The van der Waals surface area contributed by atoms with Gasteiger partial charge in [-0.05, 0) is 24.8 Å². The average Bonchev–Trinajstić information content (AvgIpc) is 3.14. The van der Waals surface area contributed by atoms with Gasteiger partial charge in [0.15, 0.2) is 0 Å². The van der Waals surface area contributed by atoms with E-state index < -0.39 is 0 Å². The van der Waals surface area contributed by atoms with Crippen LogP contribution in [0.15, 0.2) is 6.33 Å². The van der Waals surface area contributed by atoms with Gasteiger partial charge in [0.25, 0.3) is 0 Å². The van der Waals surface area contributed by atoms with Crippen LogP contribution in [0.1, 0.15) is 29.7 Å². The van der Waals surface area contributed by atoms with Crippen molar-refractivity contribution in [1.29, 1.82) is 0 Å². The molecule has 1 N–H and O–H groups in total. The number of hydrogen-bond donors (Lipinski definition) is 1. The molecule has 0 atom stereocenters. The molecule has 0 bridgehead atoms. The Morgan fingerprint density at radius 3 is 3.00 bits per heavy atom. The molecule has 0 spiro atoms. The highest BCUT2D eigenvalue weighted by Gasteiger charge is 2.33. The number of thiophene rings is 1. The molecule has 0 unspecified atom stereocenters. The minimum absolute atomic E-state index is 0.144. The third kappa shape index (κ3) is 2.39. The fourth-order valence-electron chi connectivity index (χ4n) is 3.50. The first-order valence-corrected chi connectivity index (χ1v) is 8.75. The molecule has 2 aromatic heterocycles. The summed E-state index contributed by atoms with van der Waals surface area (Å²) in [6.45, 7) is 2.30. The Morgan fingerprint density at radius 1 is 1.32 bits per heavy atom. The number of fused-ring (bicyclic) bond motifs is 3. The number of anilines is 1. The highest BCUT2D eigenvalue weighted by atomic mass is 32.1. The highest BCUT2D eigenvalue weighted by molar-refractivity contribution is 7.19. The molecule has 22 heavy (non-hydrogen) atoms. The molecule has 118 valence electrons. The van der Waals surface area contributed by atoms with Crippen LogP contribution in [0.2, 0.25) is 0 Å². The number of hydrogen-bond acceptors (Lipinski definition) is 6. The maximum Gasteiger partial charge on any atom is 0.138 e. The smallest absolute Gasteiger partial charge is 0.138 e. The molecule has 5 nitrogen and oxygen atoms in total. The van der Waals surface area contributed by atoms with E-state index >= 15 is 0 Å². The van der Waals surface area contributed by atoms with E-state index in [2.05, 4.69) is 15.3 Å². The van der Waals surface area contributed by atoms with E-state index in [0.29, 0.717) is 0 Å². The molecule has 2 aromatic rings. The summed E-state index contributed by atoms with van der Waals surface area (Å²) in [5, 5.41) is 4.77. The summed E-state index contributed by atoms with van der Waals surface area (Å²) in [6.07, 6.45) is 7.11. The third-order valence-electron chi connectivity index (χ3n) is 4.92. The van der Waals surface area contributed by atoms with Crippen molar-refractivity contribution in [1.82, 2.24) is 9.97 Å². The Bertz CT molecular complexity index is 679. The van der Waals surface area contributed by atoms with Crippen LogP contribution in [-0.2, 0) is 22.3 Å². The Hall–Kier alpha value is -1.24. The van der Waals surface area contributed by atoms with Gasteiger partial charge in [-0.25, -0.2) is 9.97 Å². The maximum atomic E-state index is 5.80. The second kappa shape index (κ2) is 5.76. The molecule has 1 fully saturated rings. The van der Waals surface area contributed by atoms with E-state index in [1.165, 1.54) is 28.7 Å². The lowest BCUT2D eigenvalue weighted by atomic mass is 9.94. The van der Waals surface area contributed by atoms with Gasteiger partial charge in [-0.15, -0.1) is 11.3 Å². The number of nitrogens with zero attached hydrogens (tertiary/aromatic N) is 2. The normalized spacial score (nSPS) is 20.2. The molecule has 0 radical (unpaired) electrons. The van der Waals surface area contributed by atoms with Gasteiger partial charge in [0.2, 0.25) is 0 Å². The molecule has 3 heterocycles. The lowest BCUT2D eigenvalue weighted by Crippen LogP contribution is -2.44. The van der Waals surface area contributed by atoms with Crippen LogP contribution in [0.3, 0.4) is 0 Å². The molecule has 2 aliphatic rings. The van der Waals surface area contributed by atoms with Crippen molar-refractivity contribution >= 4 is 27.4 Å². The topological polar surface area (TPSA) is 56.3 Å². The van der Waals surface area contributed by atoms with Crippen molar-refractivity contribution < 1.29 is 9.47 Å². The molecule has 0 aromatic carbocycles. The van der Waals surface area contributed by atoms with Gasteiger partial charge < -0.3 is 14.8 Å². The van der Waals surface area contributed by atoms with E-state index in [0.717, 1.165) is 49.7 Å². The summed E-state index contributed by atoms with van der Waals surface area (Å²) >= 11 is 1.82. The quantitative estimate of drug-likeness (QED) is 0.939. The number of ether oxygens (including phenoxy) is 2. The second-order valence-electron chi connectivity index (χ2n) is 6.11. The first-order valence-electron chi connectivity index (χ1n) is 7.93. The van der Waals surface area contributed by atoms with Crippen LogP contribution in [0.4, 0.5) is 5.82 Å². The van der Waals surface area contributed by atoms with Crippen LogP contribution in [0, 0.1) is 0 Å². The predicted octanol–water partition coefficient (Wildman–Crippen LogP) is 2.79. The first-order chi connectivity index (χ1) is 10.8. The summed E-state index contributed by atoms with van der Waals surface area (Å²) in [6, 6.07) is 0. The standard InChI is InChI=1S/C16H21N3O2S/c1-20-16(5-7-21-8-6-16)9-17-14-13-11-3-2-4-12(11)22-15(13)19-10-18-14/h10H,2-9H2,1H3,(H,17,18,19). The number of nitrogens with one attached hydrogen (secondary N) is 1. The lowest BCUT2D eigenvalue weighted by Gasteiger charge is -2.36. The average molecular weight is 319 g/mol. The van der Waals surface area contributed by atoms with Crippen molar-refractivity contribution in [3.8, 4) is 0 Å². The van der Waals surface area contributed by atoms with Gasteiger partial charge in [0.1, 0.15) is 17.0 Å². The Labute approximate surface area is 134 Å². The monoisotopic (exact) mass is 319 g/mol. The summed E-state index contributed by atoms with van der Waals surface area (Å²) in [5.41, 5.74) is 1.32. The van der Waals surface area contributed by atoms with Crippen molar-refractivity contribution in [3.05, 3.63) is 16.8 Å². The number of methoxy groups -OCH3 is 1. The van der Waals surface area contributed by atoms with Gasteiger partial charge in [-0.3, -0.25) is 0 Å². The molecule has 1 aliphatic heterocycles. The Kier molecular flexibility index (Phi) is 3.76. The van der Waals surface area contributed by atoms with Crippen molar-refractivity contribution in [2.24, 2.45) is 0 Å². The predicted molar refractivity (Wildman–Crippen MR) is 87.7 cm³/mol. The van der Waals surface area contributed by atoms with E-state index in [1.54, 1.807) is 13.4 Å². The number of rotatable bonds is 4. The molecule has 1 saturated heterocycles. The van der Waals surface area contributed by atoms with Gasteiger partial charge >= 0.3 is 0 Å². The first kappa shape index (κ1) is 14.4. The van der Waals surface area contributed by atoms with Crippen molar-refractivity contribution in [2.45, 2.75) is 37.7 Å². The summed E-state index contributed by atoms with van der Waals surface area (Å²) < 4.78 is 11.3. The maximum absolute atomic E-state index is 5.80. The van der Waals surface area contributed by atoms with E-state index in [1.807, 2.05) is 11.3 Å². The molecule has 6 heteroatoms. The minimum Gasteiger partial charge on any atom is -0.381 e. The fourth-order valence-corrected chi connectivity index (χ4v) is 4.73. The van der Waals surface area contributed by atoms with E-state index in [-0.39, 0.29) is 5.60 Å². The van der Waals surface area contributed by atoms with Crippen molar-refractivity contribution in [2.75, 3.05) is 32.2 Å². The van der Waals surface area contributed by atoms with Crippen molar-refractivity contribution in [3.63, 3.8) is 0 Å². The van der Waals surface area contributed by atoms with Crippen LogP contribution in [0.5, 0.6) is 0 Å². The second-order valence-corrected chi connectivity index (χ2v) is 7.20. The van der Waals surface area contributed by atoms with Crippen LogP contribution < -0.4 is 5.32 Å². The SMILES string of the molecule is COC1(CNc2ncnc3sc4c(c23)CCC4)CCOCC1. The van der Waals surface area contributed by atoms with Crippen LogP contribution in [-0.4, -0.2) is 42.4 Å². The number of aromatic nitrogens is 2. The molecular formula is C16H21N3O2S. The minimum atomic E-state index is -0.144. The zero-order chi connectivity index (χ0) is 15.0. The summed E-state index contributed by atoms with van der Waals surface area (Å²) in [7, 11) is 1.80. The van der Waals surface area contributed by atoms with Gasteiger partial charge in [-0.1, -0.05) is 0 Å². The zero-order valence-corrected chi connectivity index (χ0v) is 13.7. The molecule has 0 amide bonds. The summed E-state index contributed by atoms with van der Waals surface area (Å²) in [4.78, 5) is 11.6. The fraction of sp³-hybridized carbons (Fsp3) is 0.625. The summed E-state index contributed by atoms with van der Waals surface area (Å²) in [5.74, 6) is 0.965. The molecule has 0 saturated carbocycles. The Balaban J connectivity index is 1.61. The molecule has 4 rings (SSSR count). The zero-order valence-electron chi connectivity index (χ0n) is 12.9. The van der Waals surface area contributed by atoms with Gasteiger partial charge in [0, 0.05) is 44.6 Å². The van der Waals surface area contributed by atoms with Gasteiger partial charge in [-0.2, -0.15) is 0 Å². The van der Waals surface area contributed by atoms with Crippen LogP contribution in [0.25, 0.3) is 10.2 Å². The lowest BCUT2D eigenvalue weighted by molar-refractivity contribution is -0.0807. The molecular weight excluding hydrogens is 298 g/mol.